The summed E-state index contributed by atoms with van der Waals surface area (Å²) in [5.41, 5.74) is 0.0242. The number of aromatic nitrogens is 1. The minimum Gasteiger partial charge on any atom is -0.366 e. The van der Waals surface area contributed by atoms with E-state index in [1.165, 1.54) is 25.1 Å². The van der Waals surface area contributed by atoms with Crippen molar-refractivity contribution in [2.24, 2.45) is 0 Å². The molecule has 0 aliphatic heterocycles. The molecule has 1 aromatic heterocycles. The Morgan fingerprint density at radius 3 is 2.78 bits per heavy atom. The molecule has 0 saturated heterocycles. The van der Waals surface area contributed by atoms with Gasteiger partial charge in [0.2, 0.25) is 0 Å². The van der Waals surface area contributed by atoms with Crippen LogP contribution in [-0.4, -0.2) is 41.0 Å². The van der Waals surface area contributed by atoms with E-state index in [1.54, 1.807) is 6.07 Å². The first-order valence-corrected chi connectivity index (χ1v) is 6.11. The van der Waals surface area contributed by atoms with Crippen LogP contribution in [-0.2, 0) is 0 Å². The van der Waals surface area contributed by atoms with Crippen LogP contribution < -0.4 is 5.32 Å². The third-order valence-electron chi connectivity index (χ3n) is 3.43. The molecule has 6 nitrogen and oxygen atoms in total. The molecule has 1 saturated carbocycles. The predicted molar refractivity (Wildman–Crippen MR) is 69.6 cm³/mol. The number of hydrogen-bond donors (Lipinski definition) is 1. The van der Waals surface area contributed by atoms with Crippen molar-refractivity contribution in [2.45, 2.75) is 31.3 Å². The van der Waals surface area contributed by atoms with E-state index >= 15 is 0 Å². The van der Waals surface area contributed by atoms with Crippen LogP contribution in [0.1, 0.15) is 19.3 Å². The molecule has 2 atom stereocenters. The maximum Gasteiger partial charge on any atom is 0.287 e. The molecular formula is C12H18N4O2. The first-order valence-electron chi connectivity index (χ1n) is 6.11. The third kappa shape index (κ3) is 2.76. The molecular weight excluding hydrogens is 232 g/mol. The second-order valence-electron chi connectivity index (χ2n) is 4.87. The largest absolute Gasteiger partial charge is 0.366 e. The summed E-state index contributed by atoms with van der Waals surface area (Å²) in [7, 11) is 4.15. The van der Waals surface area contributed by atoms with Crippen LogP contribution in [0.3, 0.4) is 0 Å². The van der Waals surface area contributed by atoms with Crippen molar-refractivity contribution in [2.75, 3.05) is 19.4 Å². The van der Waals surface area contributed by atoms with E-state index in [0.29, 0.717) is 17.9 Å². The fourth-order valence-corrected chi connectivity index (χ4v) is 2.50. The number of rotatable bonds is 4. The van der Waals surface area contributed by atoms with Gasteiger partial charge in [0.25, 0.3) is 5.69 Å². The maximum absolute atomic E-state index is 10.5. The molecule has 1 fully saturated rings. The molecule has 0 unspecified atom stereocenters. The van der Waals surface area contributed by atoms with Crippen LogP contribution in [0.25, 0.3) is 0 Å². The Morgan fingerprint density at radius 1 is 1.44 bits per heavy atom. The molecule has 2 rings (SSSR count). The lowest BCUT2D eigenvalue weighted by atomic mass is 10.1. The van der Waals surface area contributed by atoms with Crippen molar-refractivity contribution in [1.29, 1.82) is 0 Å². The first-order chi connectivity index (χ1) is 8.58. The van der Waals surface area contributed by atoms with Gasteiger partial charge in [0.1, 0.15) is 12.0 Å². The van der Waals surface area contributed by atoms with Gasteiger partial charge < -0.3 is 10.2 Å². The van der Waals surface area contributed by atoms with Crippen molar-refractivity contribution in [3.8, 4) is 0 Å². The van der Waals surface area contributed by atoms with Crippen LogP contribution in [0.2, 0.25) is 0 Å². The fourth-order valence-electron chi connectivity index (χ4n) is 2.50. The predicted octanol–water partition coefficient (Wildman–Crippen LogP) is 1.88. The van der Waals surface area contributed by atoms with E-state index in [9.17, 15) is 10.1 Å². The number of pyridine rings is 1. The molecule has 1 aromatic rings. The van der Waals surface area contributed by atoms with Gasteiger partial charge in [0.05, 0.1) is 4.92 Å². The molecule has 18 heavy (non-hydrogen) atoms. The van der Waals surface area contributed by atoms with E-state index in [-0.39, 0.29) is 5.69 Å². The van der Waals surface area contributed by atoms with Gasteiger partial charge in [-0.2, -0.15) is 0 Å². The van der Waals surface area contributed by atoms with E-state index < -0.39 is 4.92 Å². The fraction of sp³-hybridized carbons (Fsp3) is 0.583. The van der Waals surface area contributed by atoms with Crippen molar-refractivity contribution in [1.82, 2.24) is 9.88 Å². The number of anilines is 1. The Morgan fingerprint density at radius 2 is 2.22 bits per heavy atom. The standard InChI is InChI=1S/C12H18N4O2/c1-15(2)11-5-3-4-10(11)14-12-7-6-9(8-13-12)16(17)18/h6-8,10-11H,3-5H2,1-2H3,(H,13,14)/t10-,11-/m1/s1. The Labute approximate surface area is 106 Å². The molecule has 98 valence electrons. The second-order valence-corrected chi connectivity index (χ2v) is 4.87. The zero-order valence-electron chi connectivity index (χ0n) is 10.7. The van der Waals surface area contributed by atoms with Gasteiger partial charge in [-0.25, -0.2) is 4.98 Å². The summed E-state index contributed by atoms with van der Waals surface area (Å²) in [4.78, 5) is 16.4. The molecule has 1 aliphatic rings. The molecule has 6 heteroatoms. The quantitative estimate of drug-likeness (QED) is 0.652. The summed E-state index contributed by atoms with van der Waals surface area (Å²) in [6.07, 6.45) is 4.79. The van der Waals surface area contributed by atoms with Crippen LogP contribution in [0.4, 0.5) is 11.5 Å². The number of nitrogens with one attached hydrogen (secondary N) is 1. The Bertz CT molecular complexity index is 419. The minimum atomic E-state index is -0.436. The summed E-state index contributed by atoms with van der Waals surface area (Å²) in [6.45, 7) is 0. The van der Waals surface area contributed by atoms with Crippen LogP contribution in [0.15, 0.2) is 18.3 Å². The molecule has 0 aromatic carbocycles. The van der Waals surface area contributed by atoms with E-state index in [2.05, 4.69) is 29.3 Å². The summed E-state index contributed by atoms with van der Waals surface area (Å²) in [6, 6.07) is 4.02. The molecule has 1 N–H and O–H groups in total. The van der Waals surface area contributed by atoms with Gasteiger partial charge in [-0.15, -0.1) is 0 Å². The van der Waals surface area contributed by atoms with Crippen LogP contribution in [0.5, 0.6) is 0 Å². The highest BCUT2D eigenvalue weighted by molar-refractivity contribution is 5.41. The first kappa shape index (κ1) is 12.8. The highest BCUT2D eigenvalue weighted by Crippen LogP contribution is 2.25. The van der Waals surface area contributed by atoms with Gasteiger partial charge in [-0.05, 0) is 39.4 Å². The molecule has 1 heterocycles. The normalized spacial score (nSPS) is 23.3. The zero-order chi connectivity index (χ0) is 13.1. The van der Waals surface area contributed by atoms with E-state index in [4.69, 9.17) is 0 Å². The lowest BCUT2D eigenvalue weighted by Gasteiger charge is -2.27. The number of nitro groups is 1. The molecule has 0 bridgehead atoms. The highest BCUT2D eigenvalue weighted by atomic mass is 16.6. The highest BCUT2D eigenvalue weighted by Gasteiger charge is 2.28. The number of nitrogens with zero attached hydrogens (tertiary/aromatic N) is 3. The van der Waals surface area contributed by atoms with E-state index in [0.717, 1.165) is 6.42 Å². The summed E-state index contributed by atoms with van der Waals surface area (Å²) in [5, 5.41) is 13.9. The zero-order valence-corrected chi connectivity index (χ0v) is 10.7. The summed E-state index contributed by atoms with van der Waals surface area (Å²) < 4.78 is 0. The average molecular weight is 250 g/mol. The maximum atomic E-state index is 10.5. The Hall–Kier alpha value is -1.69. The molecule has 0 radical (unpaired) electrons. The van der Waals surface area contributed by atoms with Crippen molar-refractivity contribution >= 4 is 11.5 Å². The second kappa shape index (κ2) is 5.30. The van der Waals surface area contributed by atoms with Gasteiger partial charge in [0, 0.05) is 18.2 Å². The Kier molecular flexibility index (Phi) is 3.76. The number of likely N-dealkylation sites (N-methyl/N-ethyl adjacent to an activating group) is 1. The summed E-state index contributed by atoms with van der Waals surface area (Å²) in [5.74, 6) is 0.708. The van der Waals surface area contributed by atoms with Gasteiger partial charge in [-0.1, -0.05) is 0 Å². The lowest BCUT2D eigenvalue weighted by Crippen LogP contribution is -2.39. The van der Waals surface area contributed by atoms with Crippen LogP contribution >= 0.6 is 0 Å². The minimum absolute atomic E-state index is 0.0242. The van der Waals surface area contributed by atoms with Gasteiger partial charge in [0.15, 0.2) is 0 Å². The molecule has 0 amide bonds. The SMILES string of the molecule is CN(C)[C@@H]1CCC[C@H]1Nc1ccc([N+](=O)[O-])cn1. The average Bonchev–Trinajstić information content (AvgIpc) is 2.78. The topological polar surface area (TPSA) is 71.3 Å². The monoisotopic (exact) mass is 250 g/mol. The number of hydrogen-bond acceptors (Lipinski definition) is 5. The van der Waals surface area contributed by atoms with Crippen molar-refractivity contribution in [3.05, 3.63) is 28.4 Å². The van der Waals surface area contributed by atoms with E-state index in [1.807, 2.05) is 0 Å². The van der Waals surface area contributed by atoms with Crippen LogP contribution in [0, 0.1) is 10.1 Å². The Balaban J connectivity index is 2.02. The van der Waals surface area contributed by atoms with Gasteiger partial charge >= 0.3 is 0 Å². The molecule has 0 spiro atoms. The molecule has 1 aliphatic carbocycles. The van der Waals surface area contributed by atoms with Crippen molar-refractivity contribution in [3.63, 3.8) is 0 Å². The van der Waals surface area contributed by atoms with Gasteiger partial charge in [-0.3, -0.25) is 10.1 Å². The lowest BCUT2D eigenvalue weighted by molar-refractivity contribution is -0.385. The third-order valence-corrected chi connectivity index (χ3v) is 3.43. The summed E-state index contributed by atoms with van der Waals surface area (Å²) >= 11 is 0. The van der Waals surface area contributed by atoms with Crippen molar-refractivity contribution < 1.29 is 4.92 Å². The smallest absolute Gasteiger partial charge is 0.287 e.